The number of likely N-dealkylation sites (N-methyl/N-ethyl adjacent to an activating group) is 1. The second kappa shape index (κ2) is 11.3. The topological polar surface area (TPSA) is 42.9 Å². The molecule has 27 heavy (non-hydrogen) atoms. The minimum absolute atomic E-state index is 0.427. The molecule has 2 N–H and O–H groups in total. The standard InChI is InChI=1S/C22H39N5/c1-18(2)16-27-13-11-21(12-14-27)25-22(23-4)24-15-19(3)26(5)17-20-9-7-6-8-10-20/h6-10,18-19,21H,11-17H2,1-5H3,(H2,23,24,25). The summed E-state index contributed by atoms with van der Waals surface area (Å²) in [5, 5.41) is 7.13. The molecule has 5 nitrogen and oxygen atoms in total. The van der Waals surface area contributed by atoms with E-state index in [1.807, 2.05) is 7.05 Å². The number of benzene rings is 1. The Morgan fingerprint density at radius 2 is 1.85 bits per heavy atom. The van der Waals surface area contributed by atoms with Crippen LogP contribution in [0.25, 0.3) is 0 Å². The number of hydrogen-bond donors (Lipinski definition) is 2. The molecule has 1 saturated heterocycles. The van der Waals surface area contributed by atoms with Gasteiger partial charge in [0, 0.05) is 51.9 Å². The molecule has 0 amide bonds. The van der Waals surface area contributed by atoms with Gasteiger partial charge < -0.3 is 15.5 Å². The Kier molecular flexibility index (Phi) is 9.08. The summed E-state index contributed by atoms with van der Waals surface area (Å²) in [4.78, 5) is 9.39. The fourth-order valence-electron chi connectivity index (χ4n) is 3.59. The Bertz CT molecular complexity index is 549. The largest absolute Gasteiger partial charge is 0.355 e. The number of nitrogens with zero attached hydrogens (tertiary/aromatic N) is 3. The van der Waals surface area contributed by atoms with Crippen LogP contribution in [0.2, 0.25) is 0 Å². The highest BCUT2D eigenvalue weighted by atomic mass is 15.2. The van der Waals surface area contributed by atoms with Crippen molar-refractivity contribution in [2.24, 2.45) is 10.9 Å². The van der Waals surface area contributed by atoms with Crippen LogP contribution >= 0.6 is 0 Å². The Balaban J connectivity index is 1.70. The summed E-state index contributed by atoms with van der Waals surface area (Å²) in [7, 11) is 4.04. The molecular formula is C22H39N5. The van der Waals surface area contributed by atoms with Gasteiger partial charge in [0.25, 0.3) is 0 Å². The summed E-state index contributed by atoms with van der Waals surface area (Å²) < 4.78 is 0. The first-order valence-corrected chi connectivity index (χ1v) is 10.4. The van der Waals surface area contributed by atoms with E-state index in [-0.39, 0.29) is 0 Å². The molecule has 0 aromatic heterocycles. The third kappa shape index (κ3) is 7.89. The third-order valence-corrected chi connectivity index (χ3v) is 5.37. The molecule has 1 aromatic carbocycles. The lowest BCUT2D eigenvalue weighted by Crippen LogP contribution is -2.51. The second-order valence-electron chi connectivity index (χ2n) is 8.32. The molecule has 5 heteroatoms. The van der Waals surface area contributed by atoms with Gasteiger partial charge in [0.2, 0.25) is 0 Å². The maximum Gasteiger partial charge on any atom is 0.191 e. The Labute approximate surface area is 166 Å². The first kappa shape index (κ1) is 21.7. The maximum atomic E-state index is 4.43. The number of guanidine groups is 1. The quantitative estimate of drug-likeness (QED) is 0.543. The van der Waals surface area contributed by atoms with Crippen LogP contribution in [0.5, 0.6) is 0 Å². The minimum Gasteiger partial charge on any atom is -0.355 e. The van der Waals surface area contributed by atoms with Gasteiger partial charge in [-0.15, -0.1) is 0 Å². The van der Waals surface area contributed by atoms with Crippen molar-refractivity contribution in [3.63, 3.8) is 0 Å². The van der Waals surface area contributed by atoms with Crippen LogP contribution in [0.3, 0.4) is 0 Å². The summed E-state index contributed by atoms with van der Waals surface area (Å²) in [5.41, 5.74) is 1.35. The van der Waals surface area contributed by atoms with E-state index in [0.717, 1.165) is 25.0 Å². The summed E-state index contributed by atoms with van der Waals surface area (Å²) >= 11 is 0. The van der Waals surface area contributed by atoms with Gasteiger partial charge in [-0.25, -0.2) is 0 Å². The normalized spacial score (nSPS) is 18.1. The molecular weight excluding hydrogens is 334 g/mol. The summed E-state index contributed by atoms with van der Waals surface area (Å²) in [6.45, 7) is 12.3. The lowest BCUT2D eigenvalue weighted by Gasteiger charge is -2.34. The monoisotopic (exact) mass is 373 g/mol. The lowest BCUT2D eigenvalue weighted by atomic mass is 10.0. The number of piperidine rings is 1. The highest BCUT2D eigenvalue weighted by molar-refractivity contribution is 5.80. The smallest absolute Gasteiger partial charge is 0.191 e. The third-order valence-electron chi connectivity index (χ3n) is 5.37. The molecule has 1 aliphatic rings. The fraction of sp³-hybridized carbons (Fsp3) is 0.682. The zero-order chi connectivity index (χ0) is 19.6. The van der Waals surface area contributed by atoms with Crippen molar-refractivity contribution < 1.29 is 0 Å². The Morgan fingerprint density at radius 3 is 2.44 bits per heavy atom. The molecule has 0 radical (unpaired) electrons. The van der Waals surface area contributed by atoms with Crippen molar-refractivity contribution in [3.05, 3.63) is 35.9 Å². The number of rotatable bonds is 8. The maximum absolute atomic E-state index is 4.43. The van der Waals surface area contributed by atoms with Gasteiger partial charge in [-0.05, 0) is 38.3 Å². The zero-order valence-corrected chi connectivity index (χ0v) is 17.9. The molecule has 1 fully saturated rings. The Morgan fingerprint density at radius 1 is 1.19 bits per heavy atom. The molecule has 0 bridgehead atoms. The van der Waals surface area contributed by atoms with Crippen molar-refractivity contribution in [3.8, 4) is 0 Å². The summed E-state index contributed by atoms with van der Waals surface area (Å²) in [5.74, 6) is 1.68. The first-order valence-electron chi connectivity index (χ1n) is 10.4. The first-order chi connectivity index (χ1) is 13.0. The van der Waals surface area contributed by atoms with E-state index in [9.17, 15) is 0 Å². The zero-order valence-electron chi connectivity index (χ0n) is 17.9. The molecule has 0 spiro atoms. The summed E-state index contributed by atoms with van der Waals surface area (Å²) in [6, 6.07) is 11.6. The van der Waals surface area contributed by atoms with Crippen LogP contribution in [0.1, 0.15) is 39.2 Å². The van der Waals surface area contributed by atoms with Crippen molar-refractivity contribution in [2.75, 3.05) is 40.3 Å². The van der Waals surface area contributed by atoms with Crippen LogP contribution in [0.4, 0.5) is 0 Å². The number of aliphatic imine (C=N–C) groups is 1. The molecule has 1 unspecified atom stereocenters. The molecule has 152 valence electrons. The molecule has 1 aliphatic heterocycles. The average molecular weight is 374 g/mol. The van der Waals surface area contributed by atoms with Crippen LogP contribution in [0, 0.1) is 5.92 Å². The number of likely N-dealkylation sites (tertiary alicyclic amines) is 1. The van der Waals surface area contributed by atoms with Gasteiger partial charge in [-0.2, -0.15) is 0 Å². The van der Waals surface area contributed by atoms with E-state index in [1.165, 1.54) is 38.0 Å². The van der Waals surface area contributed by atoms with Gasteiger partial charge >= 0.3 is 0 Å². The van der Waals surface area contributed by atoms with E-state index in [2.05, 4.69) is 83.6 Å². The second-order valence-corrected chi connectivity index (χ2v) is 8.32. The van der Waals surface area contributed by atoms with E-state index in [0.29, 0.717) is 12.1 Å². The van der Waals surface area contributed by atoms with Gasteiger partial charge in [-0.3, -0.25) is 9.89 Å². The highest BCUT2D eigenvalue weighted by Crippen LogP contribution is 2.12. The number of nitrogens with one attached hydrogen (secondary N) is 2. The predicted molar refractivity (Wildman–Crippen MR) is 116 cm³/mol. The van der Waals surface area contributed by atoms with Crippen molar-refractivity contribution >= 4 is 5.96 Å². The van der Waals surface area contributed by atoms with Crippen molar-refractivity contribution in [2.45, 2.75) is 52.2 Å². The SMILES string of the molecule is CN=C(NCC(C)N(C)Cc1ccccc1)NC1CCN(CC(C)C)CC1. The van der Waals surface area contributed by atoms with Gasteiger partial charge in [0.1, 0.15) is 0 Å². The molecule has 1 heterocycles. The van der Waals surface area contributed by atoms with Crippen LogP contribution in [-0.4, -0.2) is 68.1 Å². The van der Waals surface area contributed by atoms with Crippen LogP contribution in [0.15, 0.2) is 35.3 Å². The average Bonchev–Trinajstić information content (AvgIpc) is 2.66. The van der Waals surface area contributed by atoms with Gasteiger partial charge in [-0.1, -0.05) is 44.2 Å². The fourth-order valence-corrected chi connectivity index (χ4v) is 3.59. The Hall–Kier alpha value is -1.59. The van der Waals surface area contributed by atoms with Crippen molar-refractivity contribution in [1.82, 2.24) is 20.4 Å². The molecule has 1 aromatic rings. The van der Waals surface area contributed by atoms with E-state index < -0.39 is 0 Å². The summed E-state index contributed by atoms with van der Waals surface area (Å²) in [6.07, 6.45) is 2.38. The van der Waals surface area contributed by atoms with E-state index in [1.54, 1.807) is 0 Å². The minimum atomic E-state index is 0.427. The molecule has 1 atom stereocenters. The van der Waals surface area contributed by atoms with Crippen molar-refractivity contribution in [1.29, 1.82) is 0 Å². The molecule has 0 aliphatic carbocycles. The molecule has 0 saturated carbocycles. The van der Waals surface area contributed by atoms with E-state index >= 15 is 0 Å². The van der Waals surface area contributed by atoms with Crippen LogP contribution in [-0.2, 0) is 6.54 Å². The highest BCUT2D eigenvalue weighted by Gasteiger charge is 2.20. The van der Waals surface area contributed by atoms with Crippen LogP contribution < -0.4 is 10.6 Å². The molecule has 2 rings (SSSR count). The van der Waals surface area contributed by atoms with Gasteiger partial charge in [0.15, 0.2) is 5.96 Å². The predicted octanol–water partition coefficient (Wildman–Crippen LogP) is 2.79. The van der Waals surface area contributed by atoms with Gasteiger partial charge in [0.05, 0.1) is 0 Å². The number of hydrogen-bond acceptors (Lipinski definition) is 3. The van der Waals surface area contributed by atoms with E-state index in [4.69, 9.17) is 0 Å². The lowest BCUT2D eigenvalue weighted by molar-refractivity contribution is 0.186.